The molecule has 3 aromatic rings. The van der Waals surface area contributed by atoms with Crippen molar-refractivity contribution in [2.45, 2.75) is 24.9 Å². The zero-order chi connectivity index (χ0) is 21.7. The van der Waals surface area contributed by atoms with Crippen molar-refractivity contribution in [3.63, 3.8) is 0 Å². The van der Waals surface area contributed by atoms with Gasteiger partial charge in [-0.05, 0) is 37.6 Å². The Morgan fingerprint density at radius 1 is 1.13 bits per heavy atom. The van der Waals surface area contributed by atoms with E-state index in [4.69, 9.17) is 5.73 Å². The van der Waals surface area contributed by atoms with E-state index in [2.05, 4.69) is 25.6 Å². The molecule has 1 atom stereocenters. The van der Waals surface area contributed by atoms with E-state index in [-0.39, 0.29) is 17.5 Å². The first-order chi connectivity index (χ1) is 14.3. The van der Waals surface area contributed by atoms with Crippen molar-refractivity contribution >= 4 is 40.9 Å². The lowest BCUT2D eigenvalue weighted by Gasteiger charge is -2.13. The predicted octanol–water partition coefficient (Wildman–Crippen LogP) is 4.04. The highest BCUT2D eigenvalue weighted by Gasteiger charge is 2.16. The summed E-state index contributed by atoms with van der Waals surface area (Å²) in [5.41, 5.74) is 7.84. The van der Waals surface area contributed by atoms with Gasteiger partial charge in [0.25, 0.3) is 0 Å². The minimum atomic E-state index is -1.03. The fraction of sp³-hybridized carbons (Fsp3) is 0.200. The number of nitrogen functional groups attached to an aromatic ring is 1. The van der Waals surface area contributed by atoms with Crippen LogP contribution < -0.4 is 16.4 Å². The van der Waals surface area contributed by atoms with Gasteiger partial charge in [-0.2, -0.15) is 15.0 Å². The van der Waals surface area contributed by atoms with Gasteiger partial charge >= 0.3 is 0 Å². The number of anilines is 4. The summed E-state index contributed by atoms with van der Waals surface area (Å²) in [4.78, 5) is 24.9. The number of benzene rings is 2. The number of aryl methyl sites for hydroxylation is 1. The number of carbonyl (C=O) groups excluding carboxylic acids is 1. The van der Waals surface area contributed by atoms with E-state index in [1.54, 1.807) is 6.92 Å². The lowest BCUT2D eigenvalue weighted by Crippen LogP contribution is -2.23. The molecule has 1 heterocycles. The first-order valence-electron chi connectivity index (χ1n) is 9.02. The number of hydrogen-bond donors (Lipinski definition) is 3. The molecule has 0 saturated heterocycles. The zero-order valence-corrected chi connectivity index (χ0v) is 17.1. The van der Waals surface area contributed by atoms with E-state index in [0.29, 0.717) is 17.5 Å². The molecule has 2 aromatic carbocycles. The number of para-hydroxylation sites is 1. The van der Waals surface area contributed by atoms with Gasteiger partial charge in [0, 0.05) is 17.4 Å². The second-order valence-electron chi connectivity index (χ2n) is 6.44. The third kappa shape index (κ3) is 5.63. The molecular weight excluding hydrogens is 410 g/mol. The number of nitrogens with two attached hydrogens (primary N) is 1. The van der Waals surface area contributed by atoms with Crippen LogP contribution in [0.2, 0.25) is 0 Å². The molecule has 4 N–H and O–H groups in total. The SMILES string of the molecule is Cc1ccccc1Nc1nc(N)nc(CSC(C)C(=O)Nc2ccc(F)c(F)c2)n1. The van der Waals surface area contributed by atoms with Crippen molar-refractivity contribution in [1.29, 1.82) is 0 Å². The number of rotatable bonds is 7. The fourth-order valence-corrected chi connectivity index (χ4v) is 3.22. The molecule has 0 fully saturated rings. The number of halogens is 2. The Hall–Kier alpha value is -3.27. The Labute approximate surface area is 176 Å². The van der Waals surface area contributed by atoms with E-state index >= 15 is 0 Å². The maximum absolute atomic E-state index is 13.3. The smallest absolute Gasteiger partial charge is 0.237 e. The molecule has 0 aliphatic carbocycles. The third-order valence-electron chi connectivity index (χ3n) is 4.11. The summed E-state index contributed by atoms with van der Waals surface area (Å²) >= 11 is 1.28. The van der Waals surface area contributed by atoms with E-state index in [0.717, 1.165) is 23.4 Å². The van der Waals surface area contributed by atoms with Gasteiger partial charge in [0.1, 0.15) is 5.82 Å². The van der Waals surface area contributed by atoms with Gasteiger partial charge in [0.05, 0.1) is 11.0 Å². The lowest BCUT2D eigenvalue weighted by molar-refractivity contribution is -0.115. The van der Waals surface area contributed by atoms with Crippen LogP contribution in [-0.4, -0.2) is 26.1 Å². The number of amides is 1. The maximum Gasteiger partial charge on any atom is 0.237 e. The van der Waals surface area contributed by atoms with Crippen LogP contribution in [0.5, 0.6) is 0 Å². The summed E-state index contributed by atoms with van der Waals surface area (Å²) in [6.45, 7) is 3.65. The van der Waals surface area contributed by atoms with Crippen LogP contribution in [0.4, 0.5) is 32.1 Å². The molecule has 10 heteroatoms. The Bertz CT molecular complexity index is 1070. The topological polar surface area (TPSA) is 106 Å². The van der Waals surface area contributed by atoms with Crippen LogP contribution >= 0.6 is 11.8 Å². The standard InChI is InChI=1S/C20H20F2N6OS/c1-11-5-3-4-6-16(11)25-20-27-17(26-19(23)28-20)10-30-12(2)18(29)24-13-7-8-14(21)15(22)9-13/h3-9,12H,10H2,1-2H3,(H,24,29)(H3,23,25,26,27,28). The van der Waals surface area contributed by atoms with Crippen molar-refractivity contribution in [2.75, 3.05) is 16.4 Å². The van der Waals surface area contributed by atoms with Crippen molar-refractivity contribution in [1.82, 2.24) is 15.0 Å². The average molecular weight is 430 g/mol. The minimum absolute atomic E-state index is 0.0653. The van der Waals surface area contributed by atoms with Crippen molar-refractivity contribution < 1.29 is 13.6 Å². The highest BCUT2D eigenvalue weighted by molar-refractivity contribution is 7.99. The van der Waals surface area contributed by atoms with Crippen LogP contribution in [0.15, 0.2) is 42.5 Å². The number of nitrogens with one attached hydrogen (secondary N) is 2. The predicted molar refractivity (Wildman–Crippen MR) is 114 cm³/mol. The van der Waals surface area contributed by atoms with Crippen LogP contribution in [0.3, 0.4) is 0 Å². The van der Waals surface area contributed by atoms with Gasteiger partial charge in [0.15, 0.2) is 11.6 Å². The van der Waals surface area contributed by atoms with E-state index < -0.39 is 16.9 Å². The van der Waals surface area contributed by atoms with Crippen molar-refractivity contribution in [3.8, 4) is 0 Å². The fourth-order valence-electron chi connectivity index (χ4n) is 2.49. The Balaban J connectivity index is 1.61. The Morgan fingerprint density at radius 3 is 2.63 bits per heavy atom. The van der Waals surface area contributed by atoms with E-state index in [9.17, 15) is 13.6 Å². The van der Waals surface area contributed by atoms with Gasteiger partial charge < -0.3 is 16.4 Å². The summed E-state index contributed by atoms with van der Waals surface area (Å²) in [6, 6.07) is 10.9. The molecule has 0 aliphatic rings. The number of nitrogens with zero attached hydrogens (tertiary/aromatic N) is 3. The number of thioether (sulfide) groups is 1. The summed E-state index contributed by atoms with van der Waals surface area (Å²) < 4.78 is 26.3. The summed E-state index contributed by atoms with van der Waals surface area (Å²) in [7, 11) is 0. The minimum Gasteiger partial charge on any atom is -0.368 e. The highest BCUT2D eigenvalue weighted by Crippen LogP contribution is 2.21. The maximum atomic E-state index is 13.3. The first kappa shape index (κ1) is 21.4. The van der Waals surface area contributed by atoms with Gasteiger partial charge in [0.2, 0.25) is 17.8 Å². The van der Waals surface area contributed by atoms with Gasteiger partial charge in [-0.15, -0.1) is 11.8 Å². The molecule has 0 saturated carbocycles. The van der Waals surface area contributed by atoms with Gasteiger partial charge in [-0.3, -0.25) is 4.79 Å². The lowest BCUT2D eigenvalue weighted by atomic mass is 10.2. The summed E-state index contributed by atoms with van der Waals surface area (Å²) in [6.07, 6.45) is 0. The molecule has 7 nitrogen and oxygen atoms in total. The molecule has 0 spiro atoms. The quantitative estimate of drug-likeness (QED) is 0.519. The Kier molecular flexibility index (Phi) is 6.78. The summed E-state index contributed by atoms with van der Waals surface area (Å²) in [5, 5.41) is 5.16. The van der Waals surface area contributed by atoms with Crippen LogP contribution in [0.25, 0.3) is 0 Å². The molecule has 0 aliphatic heterocycles. The first-order valence-corrected chi connectivity index (χ1v) is 10.1. The Morgan fingerprint density at radius 2 is 1.90 bits per heavy atom. The molecule has 156 valence electrons. The molecule has 1 unspecified atom stereocenters. The second kappa shape index (κ2) is 9.49. The molecule has 0 bridgehead atoms. The number of aromatic nitrogens is 3. The molecule has 1 aromatic heterocycles. The third-order valence-corrected chi connectivity index (χ3v) is 5.25. The van der Waals surface area contributed by atoms with E-state index in [1.807, 2.05) is 31.2 Å². The van der Waals surface area contributed by atoms with Crippen LogP contribution in [0.1, 0.15) is 18.3 Å². The average Bonchev–Trinajstić information content (AvgIpc) is 2.70. The normalized spacial score (nSPS) is 11.7. The molecular formula is C20H20F2N6OS. The highest BCUT2D eigenvalue weighted by atomic mass is 32.2. The van der Waals surface area contributed by atoms with E-state index in [1.165, 1.54) is 17.8 Å². The molecule has 0 radical (unpaired) electrons. The van der Waals surface area contributed by atoms with Gasteiger partial charge in [-0.1, -0.05) is 18.2 Å². The van der Waals surface area contributed by atoms with Gasteiger partial charge in [-0.25, -0.2) is 8.78 Å². The second-order valence-corrected chi connectivity index (χ2v) is 7.77. The zero-order valence-electron chi connectivity index (χ0n) is 16.3. The molecule has 1 amide bonds. The van der Waals surface area contributed by atoms with Crippen molar-refractivity contribution in [2.24, 2.45) is 0 Å². The number of carbonyl (C=O) groups is 1. The van der Waals surface area contributed by atoms with Crippen LogP contribution in [-0.2, 0) is 10.5 Å². The molecule has 30 heavy (non-hydrogen) atoms. The molecule has 3 rings (SSSR count). The summed E-state index contributed by atoms with van der Waals surface area (Å²) in [5.74, 6) is -1.26. The number of hydrogen-bond acceptors (Lipinski definition) is 7. The van der Waals surface area contributed by atoms with Crippen LogP contribution in [0, 0.1) is 18.6 Å². The largest absolute Gasteiger partial charge is 0.368 e. The van der Waals surface area contributed by atoms with Crippen molar-refractivity contribution in [3.05, 3.63) is 65.5 Å². The monoisotopic (exact) mass is 430 g/mol.